The zero-order chi connectivity index (χ0) is 18.0. The van der Waals surface area contributed by atoms with Crippen molar-refractivity contribution in [2.45, 2.75) is 6.54 Å². The summed E-state index contributed by atoms with van der Waals surface area (Å²) in [7, 11) is 1.52. The van der Waals surface area contributed by atoms with Crippen LogP contribution in [0, 0.1) is 5.82 Å². The number of imide groups is 1. The summed E-state index contributed by atoms with van der Waals surface area (Å²) < 4.78 is 18.1. The Morgan fingerprint density at radius 1 is 1.20 bits per heavy atom. The van der Waals surface area contributed by atoms with Gasteiger partial charge in [0.05, 0.1) is 23.6 Å². The van der Waals surface area contributed by atoms with Crippen LogP contribution >= 0.6 is 23.4 Å². The van der Waals surface area contributed by atoms with Gasteiger partial charge in [-0.05, 0) is 53.2 Å². The third kappa shape index (κ3) is 3.86. The fourth-order valence-electron chi connectivity index (χ4n) is 2.33. The maximum Gasteiger partial charge on any atom is 0.293 e. The number of rotatable bonds is 4. The Bertz CT molecular complexity index is 867. The maximum atomic E-state index is 13.0. The van der Waals surface area contributed by atoms with Crippen LogP contribution in [0.1, 0.15) is 11.1 Å². The number of methoxy groups -OCH3 is 1. The lowest BCUT2D eigenvalue weighted by Gasteiger charge is -2.12. The van der Waals surface area contributed by atoms with Gasteiger partial charge in [0.25, 0.3) is 11.1 Å². The van der Waals surface area contributed by atoms with Crippen LogP contribution in [0.5, 0.6) is 5.75 Å². The van der Waals surface area contributed by atoms with Gasteiger partial charge in [0.1, 0.15) is 11.6 Å². The molecule has 0 spiro atoms. The Hall–Kier alpha value is -2.31. The van der Waals surface area contributed by atoms with E-state index in [1.54, 1.807) is 36.4 Å². The average Bonchev–Trinajstić information content (AvgIpc) is 2.84. The molecule has 1 saturated heterocycles. The summed E-state index contributed by atoms with van der Waals surface area (Å²) >= 11 is 6.94. The smallest absolute Gasteiger partial charge is 0.293 e. The third-order valence-electron chi connectivity index (χ3n) is 3.60. The van der Waals surface area contributed by atoms with Gasteiger partial charge in [0, 0.05) is 0 Å². The summed E-state index contributed by atoms with van der Waals surface area (Å²) in [6, 6.07) is 10.8. The number of halogens is 2. The quantitative estimate of drug-likeness (QED) is 0.723. The van der Waals surface area contributed by atoms with Crippen molar-refractivity contribution in [2.24, 2.45) is 0 Å². The van der Waals surface area contributed by atoms with Crippen LogP contribution in [0.3, 0.4) is 0 Å². The largest absolute Gasteiger partial charge is 0.495 e. The Labute approximate surface area is 153 Å². The van der Waals surface area contributed by atoms with Gasteiger partial charge in [-0.3, -0.25) is 14.5 Å². The second-order valence-corrected chi connectivity index (χ2v) is 6.69. The number of carbonyl (C=O) groups is 2. The number of ether oxygens (including phenoxy) is 1. The molecule has 0 aromatic heterocycles. The SMILES string of the molecule is COc1ccc(/C=C2\SC(=O)N(Cc3ccc(F)cc3)C2=O)cc1Cl. The molecule has 0 unspecified atom stereocenters. The third-order valence-corrected chi connectivity index (χ3v) is 4.80. The predicted octanol–water partition coefficient (Wildman–Crippen LogP) is 4.72. The van der Waals surface area contributed by atoms with Crippen molar-refractivity contribution in [1.29, 1.82) is 0 Å². The number of amides is 2. The van der Waals surface area contributed by atoms with Gasteiger partial charge < -0.3 is 4.74 Å². The summed E-state index contributed by atoms with van der Waals surface area (Å²) in [5.41, 5.74) is 1.37. The molecule has 3 rings (SSSR count). The lowest BCUT2D eigenvalue weighted by Crippen LogP contribution is -2.27. The molecule has 128 valence electrons. The first kappa shape index (κ1) is 17.5. The molecule has 25 heavy (non-hydrogen) atoms. The molecule has 2 aromatic rings. The van der Waals surface area contributed by atoms with E-state index in [1.165, 1.54) is 19.2 Å². The lowest BCUT2D eigenvalue weighted by molar-refractivity contribution is -0.123. The van der Waals surface area contributed by atoms with Gasteiger partial charge in [-0.1, -0.05) is 29.8 Å². The Morgan fingerprint density at radius 2 is 1.92 bits per heavy atom. The van der Waals surface area contributed by atoms with Crippen molar-refractivity contribution in [3.05, 3.63) is 69.3 Å². The van der Waals surface area contributed by atoms with E-state index < -0.39 is 0 Å². The van der Waals surface area contributed by atoms with Crippen molar-refractivity contribution in [3.8, 4) is 5.75 Å². The molecule has 4 nitrogen and oxygen atoms in total. The van der Waals surface area contributed by atoms with Crippen molar-refractivity contribution in [1.82, 2.24) is 4.90 Å². The van der Waals surface area contributed by atoms with E-state index >= 15 is 0 Å². The number of hydrogen-bond acceptors (Lipinski definition) is 4. The number of nitrogens with zero attached hydrogens (tertiary/aromatic N) is 1. The van der Waals surface area contributed by atoms with Crippen LogP contribution in [0.15, 0.2) is 47.4 Å². The van der Waals surface area contributed by atoms with Crippen LogP contribution in [0.2, 0.25) is 5.02 Å². The zero-order valence-corrected chi connectivity index (χ0v) is 14.7. The van der Waals surface area contributed by atoms with Crippen molar-refractivity contribution in [2.75, 3.05) is 7.11 Å². The first-order chi connectivity index (χ1) is 12.0. The second-order valence-electron chi connectivity index (χ2n) is 5.29. The highest BCUT2D eigenvalue weighted by atomic mass is 35.5. The standard InChI is InChI=1S/C18H13ClFNO3S/c1-24-15-7-4-12(8-14(15)19)9-16-17(22)21(18(23)25-16)10-11-2-5-13(20)6-3-11/h2-9H,10H2,1H3/b16-9-. The van der Waals surface area contributed by atoms with E-state index in [1.807, 2.05) is 0 Å². The molecule has 1 aliphatic rings. The van der Waals surface area contributed by atoms with Gasteiger partial charge in [0.15, 0.2) is 0 Å². The first-order valence-corrected chi connectivity index (χ1v) is 8.51. The van der Waals surface area contributed by atoms with Gasteiger partial charge in [0.2, 0.25) is 0 Å². The zero-order valence-electron chi connectivity index (χ0n) is 13.2. The van der Waals surface area contributed by atoms with Crippen LogP contribution in [0.25, 0.3) is 6.08 Å². The van der Waals surface area contributed by atoms with E-state index in [9.17, 15) is 14.0 Å². The molecule has 1 aliphatic heterocycles. The van der Waals surface area contributed by atoms with E-state index in [2.05, 4.69) is 0 Å². The first-order valence-electron chi connectivity index (χ1n) is 7.31. The summed E-state index contributed by atoms with van der Waals surface area (Å²) in [5, 5.41) is 0.0574. The molecule has 1 heterocycles. The topological polar surface area (TPSA) is 46.6 Å². The molecule has 1 fully saturated rings. The minimum Gasteiger partial charge on any atom is -0.495 e. The monoisotopic (exact) mass is 377 g/mol. The highest BCUT2D eigenvalue weighted by Crippen LogP contribution is 2.34. The normalized spacial score (nSPS) is 16.0. The molecule has 0 radical (unpaired) electrons. The molecule has 2 amide bonds. The molecule has 7 heteroatoms. The summed E-state index contributed by atoms with van der Waals surface area (Å²) in [6.45, 7) is 0.103. The lowest BCUT2D eigenvalue weighted by atomic mass is 10.2. The minimum absolute atomic E-state index is 0.103. The Balaban J connectivity index is 1.80. The van der Waals surface area contributed by atoms with Gasteiger partial charge >= 0.3 is 0 Å². The van der Waals surface area contributed by atoms with E-state index in [4.69, 9.17) is 16.3 Å². The van der Waals surface area contributed by atoms with Crippen LogP contribution in [-0.2, 0) is 11.3 Å². The maximum absolute atomic E-state index is 13.0. The van der Waals surface area contributed by atoms with Gasteiger partial charge in [-0.2, -0.15) is 0 Å². The molecular formula is C18H13ClFNO3S. The van der Waals surface area contributed by atoms with Gasteiger partial charge in [-0.15, -0.1) is 0 Å². The fourth-order valence-corrected chi connectivity index (χ4v) is 3.44. The molecule has 0 saturated carbocycles. The molecule has 0 atom stereocenters. The van der Waals surface area contributed by atoms with Crippen molar-refractivity contribution < 1.29 is 18.7 Å². The average molecular weight is 378 g/mol. The predicted molar refractivity (Wildman–Crippen MR) is 95.9 cm³/mol. The van der Waals surface area contributed by atoms with Crippen molar-refractivity contribution in [3.63, 3.8) is 0 Å². The van der Waals surface area contributed by atoms with Crippen LogP contribution in [0.4, 0.5) is 9.18 Å². The van der Waals surface area contributed by atoms with Gasteiger partial charge in [-0.25, -0.2) is 4.39 Å². The number of thioether (sulfide) groups is 1. The highest BCUT2D eigenvalue weighted by molar-refractivity contribution is 8.18. The fraction of sp³-hybridized carbons (Fsp3) is 0.111. The summed E-state index contributed by atoms with van der Waals surface area (Å²) in [4.78, 5) is 26.1. The Morgan fingerprint density at radius 3 is 2.56 bits per heavy atom. The van der Waals surface area contributed by atoms with Crippen molar-refractivity contribution >= 4 is 40.6 Å². The molecule has 0 bridgehead atoms. The number of benzene rings is 2. The molecule has 0 aliphatic carbocycles. The second kappa shape index (κ2) is 7.29. The Kier molecular flexibility index (Phi) is 5.11. The van der Waals surface area contributed by atoms with Crippen LogP contribution in [-0.4, -0.2) is 23.2 Å². The van der Waals surface area contributed by atoms with Crippen LogP contribution < -0.4 is 4.74 Å². The summed E-state index contributed by atoms with van der Waals surface area (Å²) in [6.07, 6.45) is 1.61. The number of carbonyl (C=O) groups excluding carboxylic acids is 2. The number of hydrogen-bond donors (Lipinski definition) is 0. The molecule has 2 aromatic carbocycles. The highest BCUT2D eigenvalue weighted by Gasteiger charge is 2.34. The molecule has 0 N–H and O–H groups in total. The molecular weight excluding hydrogens is 365 g/mol. The summed E-state index contributed by atoms with van der Waals surface area (Å²) in [5.74, 6) is -0.219. The van der Waals surface area contributed by atoms with E-state index in [-0.39, 0.29) is 23.5 Å². The van der Waals surface area contributed by atoms with E-state index in [0.29, 0.717) is 26.8 Å². The minimum atomic E-state index is -0.383. The van der Waals surface area contributed by atoms with E-state index in [0.717, 1.165) is 16.7 Å².